The first-order valence-corrected chi connectivity index (χ1v) is 5.60. The molecule has 0 saturated carbocycles. The third kappa shape index (κ3) is 2.13. The summed E-state index contributed by atoms with van der Waals surface area (Å²) in [6.45, 7) is 0. The third-order valence-corrected chi connectivity index (χ3v) is 3.34. The van der Waals surface area contributed by atoms with E-state index in [1.165, 1.54) is 0 Å². The highest BCUT2D eigenvalue weighted by Gasteiger charge is 2.62. The number of carboxylic acids is 1. The van der Waals surface area contributed by atoms with Crippen molar-refractivity contribution in [1.82, 2.24) is 0 Å². The number of carbonyl (C=O) groups is 1. The molecule has 6 N–H and O–H groups in total. The largest absolute Gasteiger partial charge is 0.479 e. The molecule has 0 aromatic rings. The fraction of sp³-hybridized carbons (Fsp3) is 0.833. The maximum Gasteiger partial charge on any atom is 0.335 e. The van der Waals surface area contributed by atoms with Gasteiger partial charge in [-0.25, -0.2) is 4.79 Å². The van der Waals surface area contributed by atoms with E-state index in [1.807, 2.05) is 0 Å². The van der Waals surface area contributed by atoms with Gasteiger partial charge in [-0.15, -0.1) is 0 Å². The van der Waals surface area contributed by atoms with E-state index in [0.717, 1.165) is 0 Å². The topological polar surface area (TPSA) is 182 Å². The lowest BCUT2D eigenvalue weighted by atomic mass is 9.99. The molecule has 10 nitrogen and oxygen atoms in total. The molecule has 100 valence electrons. The van der Waals surface area contributed by atoms with Crippen molar-refractivity contribution in [1.29, 1.82) is 0 Å². The molecular weight excluding hydrogens is 264 g/mol. The van der Waals surface area contributed by atoms with Crippen LogP contribution in [0, 0.1) is 0 Å². The van der Waals surface area contributed by atoms with Crippen LogP contribution in [0.15, 0.2) is 0 Å². The Balaban J connectivity index is 3.23. The summed E-state index contributed by atoms with van der Waals surface area (Å²) in [5, 5.41) is 41.7. The van der Waals surface area contributed by atoms with Gasteiger partial charge in [0.25, 0.3) is 0 Å². The molecule has 0 unspecified atom stereocenters. The molecule has 1 fully saturated rings. The molecule has 0 aliphatic carbocycles. The second kappa shape index (κ2) is 4.13. The summed E-state index contributed by atoms with van der Waals surface area (Å²) < 4.78 is 34.2. The Morgan fingerprint density at radius 1 is 1.18 bits per heavy atom. The minimum Gasteiger partial charge on any atom is -0.479 e. The van der Waals surface area contributed by atoms with E-state index in [0.29, 0.717) is 0 Å². The highest BCUT2D eigenvalue weighted by atomic mass is 32.2. The first kappa shape index (κ1) is 14.2. The van der Waals surface area contributed by atoms with Gasteiger partial charge in [-0.3, -0.25) is 4.55 Å². The van der Waals surface area contributed by atoms with Crippen molar-refractivity contribution in [3.05, 3.63) is 0 Å². The molecule has 0 bridgehead atoms. The van der Waals surface area contributed by atoms with E-state index in [4.69, 9.17) is 9.66 Å². The Kier molecular flexibility index (Phi) is 3.46. The molecule has 1 saturated heterocycles. The maximum absolute atomic E-state index is 10.8. The summed E-state index contributed by atoms with van der Waals surface area (Å²) in [6, 6.07) is 0. The SMILES string of the molecule is O=C(O)[C@H]1O[C@](O)(S(=O)(=O)O)[C@H](O)[C@@H](O)[C@@H]1O. The lowest BCUT2D eigenvalue weighted by Crippen LogP contribution is -2.68. The van der Waals surface area contributed by atoms with Crippen LogP contribution in [0.25, 0.3) is 0 Å². The summed E-state index contributed by atoms with van der Waals surface area (Å²) in [6.07, 6.45) is -9.48. The molecule has 1 aliphatic heterocycles. The van der Waals surface area contributed by atoms with Crippen molar-refractivity contribution in [3.8, 4) is 0 Å². The minimum atomic E-state index is -5.45. The molecule has 11 heteroatoms. The Labute approximate surface area is 94.4 Å². The number of aliphatic hydroxyl groups is 4. The summed E-state index contributed by atoms with van der Waals surface area (Å²) in [5.74, 6) is -1.90. The number of hydrogen-bond acceptors (Lipinski definition) is 8. The minimum absolute atomic E-state index is 1.90. The highest BCUT2D eigenvalue weighted by Crippen LogP contribution is 2.31. The predicted molar refractivity (Wildman–Crippen MR) is 47.0 cm³/mol. The van der Waals surface area contributed by atoms with Crippen LogP contribution in [0.4, 0.5) is 0 Å². The van der Waals surface area contributed by atoms with Crippen LogP contribution in [0.5, 0.6) is 0 Å². The Hall–Kier alpha value is -0.820. The first-order valence-electron chi connectivity index (χ1n) is 4.16. The third-order valence-electron chi connectivity index (χ3n) is 2.27. The molecule has 1 aliphatic rings. The number of aliphatic carboxylic acids is 1. The molecule has 5 atom stereocenters. The van der Waals surface area contributed by atoms with Gasteiger partial charge in [0.15, 0.2) is 12.2 Å². The summed E-state index contributed by atoms with van der Waals surface area (Å²) in [5.41, 5.74) is 0. The lowest BCUT2D eigenvalue weighted by Gasteiger charge is -2.41. The Morgan fingerprint density at radius 2 is 1.65 bits per heavy atom. The summed E-state index contributed by atoms with van der Waals surface area (Å²) >= 11 is 0. The molecule has 17 heavy (non-hydrogen) atoms. The Morgan fingerprint density at radius 3 is 2.00 bits per heavy atom. The molecule has 0 aromatic heterocycles. The van der Waals surface area contributed by atoms with Gasteiger partial charge in [0.1, 0.15) is 12.2 Å². The number of rotatable bonds is 2. The van der Waals surface area contributed by atoms with Gasteiger partial charge in [0.05, 0.1) is 0 Å². The van der Waals surface area contributed by atoms with Crippen LogP contribution in [-0.4, -0.2) is 74.0 Å². The average Bonchev–Trinajstić information content (AvgIpc) is 2.18. The second-order valence-electron chi connectivity index (χ2n) is 3.41. The molecule has 0 radical (unpaired) electrons. The van der Waals surface area contributed by atoms with Gasteiger partial charge in [0, 0.05) is 0 Å². The van der Waals surface area contributed by atoms with Crippen molar-refractivity contribution < 1.29 is 48.0 Å². The van der Waals surface area contributed by atoms with Crippen LogP contribution in [0.3, 0.4) is 0 Å². The molecule has 1 rings (SSSR count). The van der Waals surface area contributed by atoms with Crippen LogP contribution in [0.2, 0.25) is 0 Å². The lowest BCUT2D eigenvalue weighted by molar-refractivity contribution is -0.303. The predicted octanol–water partition coefficient (Wildman–Crippen LogP) is -3.91. The van der Waals surface area contributed by atoms with Crippen molar-refractivity contribution in [2.45, 2.75) is 29.5 Å². The summed E-state index contributed by atoms with van der Waals surface area (Å²) in [7, 11) is -5.45. The molecular formula is C6H10O10S. The zero-order valence-corrected chi connectivity index (χ0v) is 8.85. The van der Waals surface area contributed by atoms with Gasteiger partial charge >= 0.3 is 21.2 Å². The fourth-order valence-electron chi connectivity index (χ4n) is 1.31. The van der Waals surface area contributed by atoms with Crippen molar-refractivity contribution in [3.63, 3.8) is 0 Å². The standard InChI is InChI=1S/C6H10O10S/c7-1-2(8)4(9)6(12,17(13,14)15)16-3(1)5(10)11/h1-4,7-9,12H,(H,10,11)(H,13,14,15)/t1-,2-,3-,4+,6-/m0/s1. The van der Waals surface area contributed by atoms with Crippen LogP contribution >= 0.6 is 0 Å². The van der Waals surface area contributed by atoms with E-state index in [9.17, 15) is 33.6 Å². The van der Waals surface area contributed by atoms with Gasteiger partial charge < -0.3 is 30.3 Å². The molecule has 0 spiro atoms. The number of carboxylic acid groups (broad SMARTS) is 1. The van der Waals surface area contributed by atoms with Gasteiger partial charge in [-0.1, -0.05) is 0 Å². The van der Waals surface area contributed by atoms with Crippen LogP contribution in [0.1, 0.15) is 0 Å². The zero-order chi connectivity index (χ0) is 13.6. The fourth-order valence-corrected chi connectivity index (χ4v) is 1.98. The van der Waals surface area contributed by atoms with Crippen molar-refractivity contribution >= 4 is 16.1 Å². The van der Waals surface area contributed by atoms with E-state index in [1.54, 1.807) is 0 Å². The second-order valence-corrected chi connectivity index (χ2v) is 4.94. The quantitative estimate of drug-likeness (QED) is 0.272. The van der Waals surface area contributed by atoms with E-state index in [2.05, 4.69) is 4.74 Å². The molecule has 1 heterocycles. The Bertz CT molecular complexity index is 417. The van der Waals surface area contributed by atoms with Gasteiger partial charge in [0.2, 0.25) is 0 Å². The van der Waals surface area contributed by atoms with Gasteiger partial charge in [-0.2, -0.15) is 8.42 Å². The van der Waals surface area contributed by atoms with E-state index >= 15 is 0 Å². The highest BCUT2D eigenvalue weighted by molar-refractivity contribution is 7.86. The first-order chi connectivity index (χ1) is 7.52. The monoisotopic (exact) mass is 274 g/mol. The van der Waals surface area contributed by atoms with Gasteiger partial charge in [-0.05, 0) is 0 Å². The maximum atomic E-state index is 10.8. The van der Waals surface area contributed by atoms with Crippen molar-refractivity contribution in [2.75, 3.05) is 0 Å². The average molecular weight is 274 g/mol. The number of aliphatic hydroxyl groups excluding tert-OH is 3. The smallest absolute Gasteiger partial charge is 0.335 e. The van der Waals surface area contributed by atoms with Crippen LogP contribution < -0.4 is 0 Å². The summed E-state index contributed by atoms with van der Waals surface area (Å²) in [4.78, 5) is 10.6. The zero-order valence-electron chi connectivity index (χ0n) is 8.03. The number of ether oxygens (including phenoxy) is 1. The van der Waals surface area contributed by atoms with E-state index < -0.39 is 45.6 Å². The number of hydrogen-bond donors (Lipinski definition) is 6. The van der Waals surface area contributed by atoms with Crippen molar-refractivity contribution in [2.24, 2.45) is 0 Å². The molecule has 0 amide bonds. The van der Waals surface area contributed by atoms with E-state index in [-0.39, 0.29) is 0 Å². The molecule has 0 aromatic carbocycles. The van der Waals surface area contributed by atoms with Crippen LogP contribution in [-0.2, 0) is 19.6 Å². The normalized spacial score (nSPS) is 43.4.